The third-order valence-corrected chi connectivity index (χ3v) is 3.72. The Balaban J connectivity index is 2.04. The van der Waals surface area contributed by atoms with Crippen molar-refractivity contribution in [2.24, 2.45) is 11.0 Å². The first-order valence-corrected chi connectivity index (χ1v) is 8.02. The number of nitrogens with zero attached hydrogens (tertiary/aromatic N) is 1. The second-order valence-electron chi connectivity index (χ2n) is 5.36. The Kier molecular flexibility index (Phi) is 5.90. The molecule has 0 spiro atoms. The van der Waals surface area contributed by atoms with Crippen molar-refractivity contribution in [1.29, 1.82) is 0 Å². The number of carbonyl (C=O) groups is 1. The SMILES string of the molecule is CC(C)/C(=N\NC(=O)Cc1ccc(Br)cc1)c1ccccc1. The molecule has 2 aromatic carbocycles. The minimum atomic E-state index is -0.114. The van der Waals surface area contributed by atoms with Gasteiger partial charge in [0.15, 0.2) is 0 Å². The highest BCUT2D eigenvalue weighted by molar-refractivity contribution is 9.10. The van der Waals surface area contributed by atoms with E-state index in [0.29, 0.717) is 6.42 Å². The third-order valence-electron chi connectivity index (χ3n) is 3.20. The molecule has 2 aromatic rings. The zero-order valence-electron chi connectivity index (χ0n) is 12.7. The van der Waals surface area contributed by atoms with Crippen LogP contribution in [-0.4, -0.2) is 11.6 Å². The molecule has 0 aliphatic heterocycles. The molecule has 0 heterocycles. The molecule has 4 heteroatoms. The van der Waals surface area contributed by atoms with Crippen LogP contribution in [0.25, 0.3) is 0 Å². The maximum atomic E-state index is 12.0. The predicted molar refractivity (Wildman–Crippen MR) is 93.8 cm³/mol. The van der Waals surface area contributed by atoms with Crippen LogP contribution in [0.15, 0.2) is 64.2 Å². The van der Waals surface area contributed by atoms with E-state index >= 15 is 0 Å². The summed E-state index contributed by atoms with van der Waals surface area (Å²) in [4.78, 5) is 12.0. The molecule has 0 fully saturated rings. The summed E-state index contributed by atoms with van der Waals surface area (Å²) < 4.78 is 1.00. The number of rotatable bonds is 5. The maximum Gasteiger partial charge on any atom is 0.244 e. The Morgan fingerprint density at radius 1 is 1.09 bits per heavy atom. The molecule has 0 unspecified atom stereocenters. The molecular formula is C18H19BrN2O. The fraction of sp³-hybridized carbons (Fsp3) is 0.222. The van der Waals surface area contributed by atoms with Gasteiger partial charge in [-0.3, -0.25) is 4.79 Å². The molecule has 0 saturated carbocycles. The molecule has 0 aliphatic carbocycles. The molecular weight excluding hydrogens is 340 g/mol. The Bertz CT molecular complexity index is 649. The van der Waals surface area contributed by atoms with Crippen molar-refractivity contribution in [3.63, 3.8) is 0 Å². The van der Waals surface area contributed by atoms with Crippen molar-refractivity contribution < 1.29 is 4.79 Å². The van der Waals surface area contributed by atoms with E-state index in [1.54, 1.807) is 0 Å². The molecule has 0 aromatic heterocycles. The average Bonchev–Trinajstić information content (AvgIpc) is 2.50. The summed E-state index contributed by atoms with van der Waals surface area (Å²) in [6.07, 6.45) is 0.316. The fourth-order valence-electron chi connectivity index (χ4n) is 2.09. The highest BCUT2D eigenvalue weighted by Gasteiger charge is 2.09. The van der Waals surface area contributed by atoms with E-state index in [4.69, 9.17) is 0 Å². The van der Waals surface area contributed by atoms with Gasteiger partial charge in [-0.2, -0.15) is 5.10 Å². The lowest BCUT2D eigenvalue weighted by Crippen LogP contribution is -2.23. The van der Waals surface area contributed by atoms with Crippen molar-refractivity contribution in [1.82, 2.24) is 5.43 Å². The van der Waals surface area contributed by atoms with Crippen molar-refractivity contribution in [2.75, 3.05) is 0 Å². The van der Waals surface area contributed by atoms with Crippen LogP contribution in [0.1, 0.15) is 25.0 Å². The molecule has 2 rings (SSSR count). The van der Waals surface area contributed by atoms with Crippen LogP contribution in [0.4, 0.5) is 0 Å². The first-order valence-electron chi connectivity index (χ1n) is 7.22. The first-order chi connectivity index (χ1) is 10.6. The summed E-state index contributed by atoms with van der Waals surface area (Å²) in [6, 6.07) is 17.6. The molecule has 1 amide bonds. The maximum absolute atomic E-state index is 12.0. The summed E-state index contributed by atoms with van der Waals surface area (Å²) in [5.41, 5.74) is 5.53. The van der Waals surface area contributed by atoms with Gasteiger partial charge in [0.25, 0.3) is 0 Å². The van der Waals surface area contributed by atoms with E-state index in [1.165, 1.54) is 0 Å². The van der Waals surface area contributed by atoms with Gasteiger partial charge in [-0.25, -0.2) is 5.43 Å². The second-order valence-corrected chi connectivity index (χ2v) is 6.27. The zero-order chi connectivity index (χ0) is 15.9. The minimum absolute atomic E-state index is 0.114. The van der Waals surface area contributed by atoms with Crippen molar-refractivity contribution in [3.05, 3.63) is 70.2 Å². The van der Waals surface area contributed by atoms with Gasteiger partial charge in [0, 0.05) is 4.47 Å². The Hall–Kier alpha value is -1.94. The zero-order valence-corrected chi connectivity index (χ0v) is 14.3. The monoisotopic (exact) mass is 358 g/mol. The number of hydrogen-bond acceptors (Lipinski definition) is 2. The quantitative estimate of drug-likeness (QED) is 0.632. The van der Waals surface area contributed by atoms with Crippen LogP contribution in [0.3, 0.4) is 0 Å². The van der Waals surface area contributed by atoms with Crippen LogP contribution in [0.5, 0.6) is 0 Å². The molecule has 3 nitrogen and oxygen atoms in total. The number of amides is 1. The van der Waals surface area contributed by atoms with Gasteiger partial charge in [0.05, 0.1) is 12.1 Å². The molecule has 0 saturated heterocycles. The van der Waals surface area contributed by atoms with E-state index in [1.807, 2.05) is 54.6 Å². The summed E-state index contributed by atoms with van der Waals surface area (Å²) in [6.45, 7) is 4.12. The molecule has 0 bridgehead atoms. The molecule has 0 aliphatic rings. The van der Waals surface area contributed by atoms with E-state index in [9.17, 15) is 4.79 Å². The average molecular weight is 359 g/mol. The molecule has 22 heavy (non-hydrogen) atoms. The number of hydrazone groups is 1. The summed E-state index contributed by atoms with van der Waals surface area (Å²) in [5.74, 6) is 0.117. The molecule has 114 valence electrons. The van der Waals surface area contributed by atoms with Gasteiger partial charge in [-0.1, -0.05) is 72.2 Å². The van der Waals surface area contributed by atoms with E-state index < -0.39 is 0 Å². The van der Waals surface area contributed by atoms with Gasteiger partial charge < -0.3 is 0 Å². The highest BCUT2D eigenvalue weighted by atomic mass is 79.9. The smallest absolute Gasteiger partial charge is 0.244 e. The van der Waals surface area contributed by atoms with Gasteiger partial charge in [-0.15, -0.1) is 0 Å². The number of benzene rings is 2. The normalized spacial score (nSPS) is 11.5. The Labute approximate surface area is 139 Å². The first kappa shape index (κ1) is 16.4. The van der Waals surface area contributed by atoms with E-state index in [-0.39, 0.29) is 11.8 Å². The molecule has 0 radical (unpaired) electrons. The Morgan fingerprint density at radius 3 is 2.32 bits per heavy atom. The molecule has 0 atom stereocenters. The standard InChI is InChI=1S/C18H19BrN2O/c1-13(2)18(15-6-4-3-5-7-15)21-20-17(22)12-14-8-10-16(19)11-9-14/h3-11,13H,12H2,1-2H3,(H,20,22)/b21-18+. The summed E-state index contributed by atoms with van der Waals surface area (Å²) >= 11 is 3.38. The number of carbonyl (C=O) groups excluding carboxylic acids is 1. The topological polar surface area (TPSA) is 41.5 Å². The number of nitrogens with one attached hydrogen (secondary N) is 1. The lowest BCUT2D eigenvalue weighted by molar-refractivity contribution is -0.120. The van der Waals surface area contributed by atoms with E-state index in [0.717, 1.165) is 21.3 Å². The second kappa shape index (κ2) is 7.90. The van der Waals surface area contributed by atoms with Crippen LogP contribution in [0.2, 0.25) is 0 Å². The van der Waals surface area contributed by atoms with E-state index in [2.05, 4.69) is 40.3 Å². The third kappa shape index (κ3) is 4.81. The predicted octanol–water partition coefficient (Wildman–Crippen LogP) is 4.17. The summed E-state index contributed by atoms with van der Waals surface area (Å²) in [5, 5.41) is 4.31. The number of hydrogen-bond donors (Lipinski definition) is 1. The van der Waals surface area contributed by atoms with Crippen molar-refractivity contribution >= 4 is 27.5 Å². The Morgan fingerprint density at radius 2 is 1.73 bits per heavy atom. The van der Waals surface area contributed by atoms with Crippen molar-refractivity contribution in [2.45, 2.75) is 20.3 Å². The molecule has 1 N–H and O–H groups in total. The van der Waals surface area contributed by atoms with Crippen LogP contribution >= 0.6 is 15.9 Å². The summed E-state index contributed by atoms with van der Waals surface area (Å²) in [7, 11) is 0. The largest absolute Gasteiger partial charge is 0.273 e. The van der Waals surface area contributed by atoms with Crippen LogP contribution in [0, 0.1) is 5.92 Å². The van der Waals surface area contributed by atoms with Crippen LogP contribution < -0.4 is 5.43 Å². The van der Waals surface area contributed by atoms with Gasteiger partial charge in [0.1, 0.15) is 0 Å². The highest BCUT2D eigenvalue weighted by Crippen LogP contribution is 2.11. The van der Waals surface area contributed by atoms with Gasteiger partial charge >= 0.3 is 0 Å². The fourth-order valence-corrected chi connectivity index (χ4v) is 2.35. The van der Waals surface area contributed by atoms with Gasteiger partial charge in [0.2, 0.25) is 5.91 Å². The number of halogens is 1. The van der Waals surface area contributed by atoms with Crippen LogP contribution in [-0.2, 0) is 11.2 Å². The van der Waals surface area contributed by atoms with Gasteiger partial charge in [-0.05, 0) is 29.2 Å². The lowest BCUT2D eigenvalue weighted by Gasteiger charge is -2.10. The van der Waals surface area contributed by atoms with Crippen molar-refractivity contribution in [3.8, 4) is 0 Å². The lowest BCUT2D eigenvalue weighted by atomic mass is 10.0. The minimum Gasteiger partial charge on any atom is -0.273 e.